The Morgan fingerprint density at radius 3 is 2.46 bits per heavy atom. The molecule has 0 aromatic heterocycles. The maximum Gasteiger partial charge on any atom is 0.152 e. The normalized spacial score (nSPS) is 35.2. The van der Waals surface area contributed by atoms with Crippen LogP contribution >= 0.6 is 0 Å². The molecule has 0 aliphatic carbocycles. The van der Waals surface area contributed by atoms with Gasteiger partial charge in [-0.05, 0) is 12.8 Å². The van der Waals surface area contributed by atoms with Crippen molar-refractivity contribution in [3.05, 3.63) is 0 Å². The van der Waals surface area contributed by atoms with E-state index in [9.17, 15) is 13.2 Å². The van der Waals surface area contributed by atoms with Crippen molar-refractivity contribution < 1.29 is 17.9 Å². The van der Waals surface area contributed by atoms with Gasteiger partial charge in [0.2, 0.25) is 0 Å². The summed E-state index contributed by atoms with van der Waals surface area (Å²) in [5.74, 6) is -0.0394. The molecule has 0 amide bonds. The minimum Gasteiger partial charge on any atom is -0.377 e. The Hall–Kier alpha value is -0.420. The van der Waals surface area contributed by atoms with Gasteiger partial charge in [-0.1, -0.05) is 0 Å². The van der Waals surface area contributed by atoms with E-state index in [1.54, 1.807) is 0 Å². The maximum atomic E-state index is 11.0. The van der Waals surface area contributed by atoms with Crippen molar-refractivity contribution in [2.45, 2.75) is 18.9 Å². The first-order valence-corrected chi connectivity index (χ1v) is 6.18. The molecule has 0 spiro atoms. The van der Waals surface area contributed by atoms with E-state index < -0.39 is 15.3 Å². The van der Waals surface area contributed by atoms with Crippen molar-refractivity contribution in [1.82, 2.24) is 0 Å². The van der Waals surface area contributed by atoms with E-state index in [4.69, 9.17) is 4.74 Å². The standard InChI is InChI=1S/C8H12O4S/c9-4-8(5-13(10,11)6-8)7-2-1-3-12-7/h4,7H,1-3,5-6H2. The molecule has 0 N–H and O–H groups in total. The summed E-state index contributed by atoms with van der Waals surface area (Å²) >= 11 is 0. The van der Waals surface area contributed by atoms with Crippen LogP contribution in [0.2, 0.25) is 0 Å². The molecule has 0 aromatic rings. The lowest BCUT2D eigenvalue weighted by atomic mass is 9.85. The molecule has 74 valence electrons. The first-order valence-electron chi connectivity index (χ1n) is 4.36. The predicted molar refractivity (Wildman–Crippen MR) is 46.1 cm³/mol. The van der Waals surface area contributed by atoms with Crippen LogP contribution in [-0.4, -0.2) is 38.9 Å². The largest absolute Gasteiger partial charge is 0.377 e. The van der Waals surface area contributed by atoms with Gasteiger partial charge in [-0.3, -0.25) is 0 Å². The van der Waals surface area contributed by atoms with Crippen molar-refractivity contribution in [3.8, 4) is 0 Å². The summed E-state index contributed by atoms with van der Waals surface area (Å²) < 4.78 is 27.4. The Bertz CT molecular complexity index is 301. The molecule has 5 heteroatoms. The Morgan fingerprint density at radius 2 is 2.08 bits per heavy atom. The maximum absolute atomic E-state index is 11.0. The van der Waals surface area contributed by atoms with Crippen LogP contribution in [-0.2, 0) is 19.4 Å². The second-order valence-electron chi connectivity index (χ2n) is 3.88. The third kappa shape index (κ3) is 1.40. The van der Waals surface area contributed by atoms with E-state index in [2.05, 4.69) is 0 Å². The number of aldehydes is 1. The molecule has 0 saturated carbocycles. The molecule has 13 heavy (non-hydrogen) atoms. The van der Waals surface area contributed by atoms with Crippen LogP contribution in [0.5, 0.6) is 0 Å². The van der Waals surface area contributed by atoms with Gasteiger partial charge >= 0.3 is 0 Å². The fourth-order valence-corrected chi connectivity index (χ4v) is 4.20. The Kier molecular flexibility index (Phi) is 1.96. The topological polar surface area (TPSA) is 60.4 Å². The van der Waals surface area contributed by atoms with Gasteiger partial charge in [-0.2, -0.15) is 0 Å². The smallest absolute Gasteiger partial charge is 0.152 e. The van der Waals surface area contributed by atoms with Crippen LogP contribution in [0.25, 0.3) is 0 Å². The molecule has 0 aromatic carbocycles. The summed E-state index contributed by atoms with van der Waals surface area (Å²) in [6.45, 7) is 0.653. The lowest BCUT2D eigenvalue weighted by Gasteiger charge is -2.40. The summed E-state index contributed by atoms with van der Waals surface area (Å²) in [5, 5.41) is 0. The zero-order chi connectivity index (χ0) is 9.53. The van der Waals surface area contributed by atoms with Crippen LogP contribution in [0.4, 0.5) is 0 Å². The predicted octanol–water partition coefficient (Wildman–Crippen LogP) is -0.221. The fraction of sp³-hybridized carbons (Fsp3) is 0.875. The quantitative estimate of drug-likeness (QED) is 0.583. The van der Waals surface area contributed by atoms with Gasteiger partial charge in [0.1, 0.15) is 6.29 Å². The molecule has 4 nitrogen and oxygen atoms in total. The monoisotopic (exact) mass is 204 g/mol. The summed E-state index contributed by atoms with van der Waals surface area (Å²) in [5.41, 5.74) is -0.713. The van der Waals surface area contributed by atoms with E-state index in [-0.39, 0.29) is 17.6 Å². The van der Waals surface area contributed by atoms with E-state index in [1.807, 2.05) is 0 Å². The number of rotatable bonds is 2. The molecule has 2 saturated heterocycles. The second-order valence-corrected chi connectivity index (χ2v) is 5.95. The number of sulfone groups is 1. The highest BCUT2D eigenvalue weighted by Crippen LogP contribution is 2.39. The molecule has 1 atom stereocenters. The minimum atomic E-state index is -2.95. The van der Waals surface area contributed by atoms with Gasteiger partial charge < -0.3 is 9.53 Å². The van der Waals surface area contributed by atoms with Crippen LogP contribution < -0.4 is 0 Å². The van der Waals surface area contributed by atoms with Crippen molar-refractivity contribution in [2.24, 2.45) is 5.41 Å². The lowest BCUT2D eigenvalue weighted by molar-refractivity contribution is -0.121. The van der Waals surface area contributed by atoms with Gasteiger partial charge in [0.25, 0.3) is 0 Å². The van der Waals surface area contributed by atoms with E-state index >= 15 is 0 Å². The van der Waals surface area contributed by atoms with Crippen LogP contribution in [0.3, 0.4) is 0 Å². The van der Waals surface area contributed by atoms with Gasteiger partial charge in [-0.15, -0.1) is 0 Å². The summed E-state index contributed by atoms with van der Waals surface area (Å²) in [7, 11) is -2.95. The first kappa shape index (κ1) is 9.15. The van der Waals surface area contributed by atoms with Gasteiger partial charge in [-0.25, -0.2) is 8.42 Å². The van der Waals surface area contributed by atoms with Crippen LogP contribution in [0.1, 0.15) is 12.8 Å². The Balaban J connectivity index is 2.14. The number of carbonyl (C=O) groups excluding carboxylic acids is 1. The molecule has 2 heterocycles. The highest BCUT2D eigenvalue weighted by atomic mass is 32.2. The molecule has 1 unspecified atom stereocenters. The van der Waals surface area contributed by atoms with Crippen molar-refractivity contribution >= 4 is 16.1 Å². The average Bonchev–Trinajstić information content (AvgIpc) is 2.51. The third-order valence-electron chi connectivity index (χ3n) is 2.78. The highest BCUT2D eigenvalue weighted by Gasteiger charge is 2.55. The molecule has 2 aliphatic rings. The SMILES string of the molecule is O=CC1(C2CCCO2)CS(=O)(=O)C1. The number of carbonyl (C=O) groups is 1. The highest BCUT2D eigenvalue weighted by molar-refractivity contribution is 7.93. The second kappa shape index (κ2) is 2.78. The zero-order valence-corrected chi connectivity index (χ0v) is 8.05. The van der Waals surface area contributed by atoms with Crippen molar-refractivity contribution in [1.29, 1.82) is 0 Å². The molecular formula is C8H12O4S. The molecular weight excluding hydrogens is 192 g/mol. The van der Waals surface area contributed by atoms with Gasteiger partial charge in [0.05, 0.1) is 23.0 Å². The average molecular weight is 204 g/mol. The van der Waals surface area contributed by atoms with Gasteiger partial charge in [0, 0.05) is 6.61 Å². The molecule has 0 bridgehead atoms. The number of ether oxygens (including phenoxy) is 1. The van der Waals surface area contributed by atoms with Crippen LogP contribution in [0, 0.1) is 5.41 Å². The Labute approximate surface area is 77.2 Å². The van der Waals surface area contributed by atoms with E-state index in [1.165, 1.54) is 0 Å². The molecule has 2 rings (SSSR count). The fourth-order valence-electron chi connectivity index (χ4n) is 2.14. The minimum absolute atomic E-state index is 0.0197. The van der Waals surface area contributed by atoms with Crippen molar-refractivity contribution in [2.75, 3.05) is 18.1 Å². The Morgan fingerprint density at radius 1 is 1.38 bits per heavy atom. The number of hydrogen-bond donors (Lipinski definition) is 0. The number of hydrogen-bond acceptors (Lipinski definition) is 4. The zero-order valence-electron chi connectivity index (χ0n) is 7.23. The lowest BCUT2D eigenvalue weighted by Crippen LogP contribution is -2.56. The van der Waals surface area contributed by atoms with Crippen molar-refractivity contribution in [3.63, 3.8) is 0 Å². The third-order valence-corrected chi connectivity index (χ3v) is 4.74. The van der Waals surface area contributed by atoms with Crippen LogP contribution in [0.15, 0.2) is 0 Å². The first-order chi connectivity index (χ1) is 6.08. The molecule has 0 radical (unpaired) electrons. The van der Waals surface area contributed by atoms with E-state index in [0.29, 0.717) is 6.61 Å². The molecule has 2 fully saturated rings. The summed E-state index contributed by atoms with van der Waals surface area (Å²) in [6, 6.07) is 0. The van der Waals surface area contributed by atoms with Gasteiger partial charge in [0.15, 0.2) is 9.84 Å². The van der Waals surface area contributed by atoms with E-state index in [0.717, 1.165) is 19.1 Å². The summed E-state index contributed by atoms with van der Waals surface area (Å²) in [4.78, 5) is 10.8. The summed E-state index contributed by atoms with van der Waals surface area (Å²) in [6.07, 6.45) is 2.35. The molecule has 2 aliphatic heterocycles.